The molecule has 2 aromatic rings. The van der Waals surface area contributed by atoms with Crippen LogP contribution in [0.5, 0.6) is 17.2 Å². The van der Waals surface area contributed by atoms with Crippen LogP contribution >= 0.6 is 11.6 Å². The van der Waals surface area contributed by atoms with E-state index in [2.05, 4.69) is 5.32 Å². The maximum Gasteiger partial charge on any atom is 0.249 e. The van der Waals surface area contributed by atoms with Gasteiger partial charge in [0.15, 0.2) is 11.5 Å². The fourth-order valence-electron chi connectivity index (χ4n) is 3.34. The maximum atomic E-state index is 13.1. The number of nitrogens with one attached hydrogen (secondary N) is 1. The average molecular weight is 449 g/mol. The van der Waals surface area contributed by atoms with Crippen LogP contribution in [0.4, 0.5) is 5.69 Å². The zero-order chi connectivity index (χ0) is 22.5. The highest BCUT2D eigenvalue weighted by molar-refractivity contribution is 6.31. The smallest absolute Gasteiger partial charge is 0.249 e. The van der Waals surface area contributed by atoms with Crippen molar-refractivity contribution in [2.24, 2.45) is 0 Å². The Morgan fingerprint density at radius 3 is 2.52 bits per heavy atom. The van der Waals surface area contributed by atoms with Crippen molar-refractivity contribution in [3.05, 3.63) is 46.5 Å². The molecule has 0 unspecified atom stereocenters. The number of methoxy groups -OCH3 is 3. The summed E-state index contributed by atoms with van der Waals surface area (Å²) >= 11 is 6.14. The van der Waals surface area contributed by atoms with Crippen molar-refractivity contribution in [3.8, 4) is 17.2 Å². The zero-order valence-corrected chi connectivity index (χ0v) is 18.6. The largest absolute Gasteiger partial charge is 0.495 e. The highest BCUT2D eigenvalue weighted by Gasteiger charge is 2.34. The van der Waals surface area contributed by atoms with Crippen molar-refractivity contribution >= 4 is 29.1 Å². The first-order valence-corrected chi connectivity index (χ1v) is 9.98. The summed E-state index contributed by atoms with van der Waals surface area (Å²) in [6.45, 7) is 2.05. The first kappa shape index (κ1) is 22.7. The van der Waals surface area contributed by atoms with Gasteiger partial charge in [-0.1, -0.05) is 17.7 Å². The quantitative estimate of drug-likeness (QED) is 0.700. The van der Waals surface area contributed by atoms with E-state index in [0.717, 1.165) is 11.1 Å². The van der Waals surface area contributed by atoms with Crippen LogP contribution in [-0.4, -0.2) is 57.3 Å². The van der Waals surface area contributed by atoms with Gasteiger partial charge in [0.25, 0.3) is 0 Å². The Morgan fingerprint density at radius 1 is 1.13 bits per heavy atom. The van der Waals surface area contributed by atoms with Crippen LogP contribution in [0.3, 0.4) is 0 Å². The second-order valence-electron chi connectivity index (χ2n) is 7.03. The summed E-state index contributed by atoms with van der Waals surface area (Å²) in [4.78, 5) is 27.2. The molecule has 2 amide bonds. The van der Waals surface area contributed by atoms with Crippen LogP contribution in [0.15, 0.2) is 30.3 Å². The van der Waals surface area contributed by atoms with E-state index < -0.39 is 6.04 Å². The number of ether oxygens (including phenoxy) is 4. The van der Waals surface area contributed by atoms with Crippen LogP contribution in [0.25, 0.3) is 0 Å². The molecule has 0 saturated carbocycles. The van der Waals surface area contributed by atoms with Gasteiger partial charge >= 0.3 is 0 Å². The normalized spacial score (nSPS) is 16.1. The maximum absolute atomic E-state index is 13.1. The van der Waals surface area contributed by atoms with Crippen molar-refractivity contribution in [2.75, 3.05) is 39.9 Å². The predicted molar refractivity (Wildman–Crippen MR) is 116 cm³/mol. The molecule has 0 radical (unpaired) electrons. The number of anilines is 1. The molecule has 3 rings (SSSR count). The van der Waals surface area contributed by atoms with Gasteiger partial charge in [0.1, 0.15) is 18.4 Å². The summed E-state index contributed by atoms with van der Waals surface area (Å²) in [6.07, 6.45) is 0. The molecule has 0 bridgehead atoms. The number of carbonyl (C=O) groups is 2. The lowest BCUT2D eigenvalue weighted by molar-refractivity contribution is -0.154. The van der Waals surface area contributed by atoms with Crippen LogP contribution in [0, 0.1) is 6.92 Å². The van der Waals surface area contributed by atoms with Gasteiger partial charge < -0.3 is 29.2 Å². The molecule has 31 heavy (non-hydrogen) atoms. The molecule has 2 aromatic carbocycles. The number of rotatable bonds is 7. The minimum Gasteiger partial charge on any atom is -0.495 e. The summed E-state index contributed by atoms with van der Waals surface area (Å²) in [7, 11) is 4.59. The molecular weight excluding hydrogens is 424 g/mol. The Kier molecular flexibility index (Phi) is 7.25. The van der Waals surface area contributed by atoms with Crippen molar-refractivity contribution in [1.29, 1.82) is 0 Å². The van der Waals surface area contributed by atoms with Crippen LogP contribution in [0.2, 0.25) is 5.02 Å². The van der Waals surface area contributed by atoms with Crippen molar-refractivity contribution in [1.82, 2.24) is 4.90 Å². The Labute approximate surface area is 186 Å². The summed E-state index contributed by atoms with van der Waals surface area (Å²) in [6, 6.07) is 7.91. The second-order valence-corrected chi connectivity index (χ2v) is 7.44. The fraction of sp³-hybridized carbons (Fsp3) is 0.364. The summed E-state index contributed by atoms with van der Waals surface area (Å²) in [5, 5.41) is 3.36. The Bertz CT molecular complexity index is 981. The lowest BCUT2D eigenvalue weighted by Crippen LogP contribution is -2.54. The first-order chi connectivity index (χ1) is 14.9. The number of morpholine rings is 1. The molecule has 0 aliphatic carbocycles. The molecule has 1 aliphatic rings. The van der Waals surface area contributed by atoms with Gasteiger partial charge in [0, 0.05) is 17.6 Å². The number of halogens is 1. The monoisotopic (exact) mass is 448 g/mol. The van der Waals surface area contributed by atoms with E-state index in [1.54, 1.807) is 38.5 Å². The third kappa shape index (κ3) is 5.03. The van der Waals surface area contributed by atoms with Gasteiger partial charge in [0.2, 0.25) is 11.8 Å². The highest BCUT2D eigenvalue weighted by atomic mass is 35.5. The number of benzene rings is 2. The number of carbonyl (C=O) groups excluding carboxylic acids is 2. The molecule has 8 nitrogen and oxygen atoms in total. The predicted octanol–water partition coefficient (Wildman–Crippen LogP) is 3.04. The molecule has 1 aliphatic heterocycles. The first-order valence-electron chi connectivity index (χ1n) is 9.61. The Balaban J connectivity index is 1.83. The lowest BCUT2D eigenvalue weighted by atomic mass is 10.1. The second kappa shape index (κ2) is 9.89. The van der Waals surface area contributed by atoms with Crippen LogP contribution in [0.1, 0.15) is 11.1 Å². The van der Waals surface area contributed by atoms with Crippen LogP contribution < -0.4 is 19.5 Å². The number of hydrogen-bond acceptors (Lipinski definition) is 6. The van der Waals surface area contributed by atoms with Crippen molar-refractivity contribution in [2.45, 2.75) is 19.5 Å². The third-order valence-corrected chi connectivity index (χ3v) is 5.45. The van der Waals surface area contributed by atoms with E-state index in [4.69, 9.17) is 30.5 Å². The third-order valence-electron chi connectivity index (χ3n) is 5.04. The molecule has 1 atom stereocenters. The van der Waals surface area contributed by atoms with E-state index in [1.807, 2.05) is 13.0 Å². The molecule has 1 fully saturated rings. The standard InChI is InChI=1S/C22H25ClN2O6/c1-13-7-16(19(29-3)9-15(13)23)24-22(27)17-11-31-12-21(26)25(17)10-14-5-6-18(28-2)20(8-14)30-4/h5-9,17H,10-12H2,1-4H3,(H,24,27)/t17-/m0/s1. The van der Waals surface area contributed by atoms with Crippen molar-refractivity contribution in [3.63, 3.8) is 0 Å². The molecule has 0 aromatic heterocycles. The van der Waals surface area contributed by atoms with Gasteiger partial charge in [-0.3, -0.25) is 9.59 Å². The number of amides is 2. The van der Waals surface area contributed by atoms with E-state index in [-0.39, 0.29) is 31.6 Å². The summed E-state index contributed by atoms with van der Waals surface area (Å²) < 4.78 is 21.3. The summed E-state index contributed by atoms with van der Waals surface area (Å²) in [5.74, 6) is 0.898. The summed E-state index contributed by atoms with van der Waals surface area (Å²) in [5.41, 5.74) is 2.06. The van der Waals surface area contributed by atoms with E-state index in [0.29, 0.717) is 28.0 Å². The molecule has 166 valence electrons. The SMILES string of the molecule is COc1cc(Cl)c(C)cc1NC(=O)[C@@H]1COCC(=O)N1Cc1ccc(OC)c(OC)c1. The van der Waals surface area contributed by atoms with E-state index >= 15 is 0 Å². The van der Waals surface area contributed by atoms with Gasteiger partial charge in [-0.25, -0.2) is 0 Å². The van der Waals surface area contributed by atoms with Gasteiger partial charge in [-0.15, -0.1) is 0 Å². The number of nitrogens with zero attached hydrogens (tertiary/aromatic N) is 1. The Morgan fingerprint density at radius 2 is 1.84 bits per heavy atom. The minimum absolute atomic E-state index is 0.0829. The average Bonchev–Trinajstić information content (AvgIpc) is 2.77. The fourth-order valence-corrected chi connectivity index (χ4v) is 3.50. The molecular formula is C22H25ClN2O6. The molecule has 1 saturated heterocycles. The molecule has 1 N–H and O–H groups in total. The topological polar surface area (TPSA) is 86.3 Å². The van der Waals surface area contributed by atoms with Gasteiger partial charge in [-0.05, 0) is 36.2 Å². The molecule has 9 heteroatoms. The van der Waals surface area contributed by atoms with Gasteiger partial charge in [0.05, 0.1) is 33.6 Å². The van der Waals surface area contributed by atoms with Crippen LogP contribution in [-0.2, 0) is 20.9 Å². The highest BCUT2D eigenvalue weighted by Crippen LogP contribution is 2.32. The molecule has 1 heterocycles. The van der Waals surface area contributed by atoms with Crippen molar-refractivity contribution < 1.29 is 28.5 Å². The van der Waals surface area contributed by atoms with E-state index in [9.17, 15) is 9.59 Å². The number of hydrogen-bond donors (Lipinski definition) is 1. The minimum atomic E-state index is -0.810. The number of aryl methyl sites for hydroxylation is 1. The van der Waals surface area contributed by atoms with Gasteiger partial charge in [-0.2, -0.15) is 0 Å². The zero-order valence-electron chi connectivity index (χ0n) is 17.9. The van der Waals surface area contributed by atoms with E-state index in [1.165, 1.54) is 12.0 Å². The lowest BCUT2D eigenvalue weighted by Gasteiger charge is -2.34. The Hall–Kier alpha value is -2.97. The molecule has 0 spiro atoms.